The van der Waals surface area contributed by atoms with Crippen molar-refractivity contribution in [3.05, 3.63) is 67.8 Å². The fourth-order valence-corrected chi connectivity index (χ4v) is 4.20. The highest BCUT2D eigenvalue weighted by Crippen LogP contribution is 2.29. The topological polar surface area (TPSA) is 58.2 Å². The van der Waals surface area contributed by atoms with Gasteiger partial charge in [0.2, 0.25) is 0 Å². The lowest BCUT2D eigenvalue weighted by atomic mass is 10.0. The van der Waals surface area contributed by atoms with Crippen LogP contribution in [0.25, 0.3) is 4.96 Å². The van der Waals surface area contributed by atoms with E-state index in [0.29, 0.717) is 21.2 Å². The van der Waals surface area contributed by atoms with Crippen molar-refractivity contribution < 1.29 is 13.2 Å². The van der Waals surface area contributed by atoms with E-state index in [2.05, 4.69) is 4.98 Å². The zero-order chi connectivity index (χ0) is 19.6. The maximum atomic E-state index is 14.3. The second-order valence-corrected chi connectivity index (χ2v) is 7.32. The predicted molar refractivity (Wildman–Crippen MR) is 97.3 cm³/mol. The molecule has 1 atom stereocenters. The molecule has 0 aliphatic heterocycles. The Labute approximate surface area is 157 Å². The summed E-state index contributed by atoms with van der Waals surface area (Å²) >= 11 is 1.22. The van der Waals surface area contributed by atoms with Crippen LogP contribution in [0.1, 0.15) is 39.7 Å². The summed E-state index contributed by atoms with van der Waals surface area (Å²) in [6, 6.07) is 7.53. The van der Waals surface area contributed by atoms with Crippen LogP contribution in [0.5, 0.6) is 0 Å². The summed E-state index contributed by atoms with van der Waals surface area (Å²) in [7, 11) is 0. The molecule has 1 unspecified atom stereocenters. The molecular formula is C19H16F3N3OS. The molecule has 3 aromatic rings. The first-order valence-corrected chi connectivity index (χ1v) is 9.13. The Balaban J connectivity index is 2.07. The highest BCUT2D eigenvalue weighted by molar-refractivity contribution is 7.17. The number of aryl methyl sites for hydroxylation is 1. The molecule has 0 spiro atoms. The molecule has 27 heavy (non-hydrogen) atoms. The minimum absolute atomic E-state index is 0.0104. The second-order valence-electron chi connectivity index (χ2n) is 6.14. The molecule has 3 rings (SSSR count). The molecule has 4 nitrogen and oxygen atoms in total. The second kappa shape index (κ2) is 7.92. The lowest BCUT2D eigenvalue weighted by molar-refractivity contribution is 0.364. The van der Waals surface area contributed by atoms with Gasteiger partial charge in [-0.1, -0.05) is 12.1 Å². The Kier molecular flexibility index (Phi) is 5.61. The van der Waals surface area contributed by atoms with Gasteiger partial charge in [-0.25, -0.2) is 9.37 Å². The maximum absolute atomic E-state index is 14.3. The number of nitriles is 1. The van der Waals surface area contributed by atoms with Crippen molar-refractivity contribution in [1.82, 2.24) is 9.38 Å². The summed E-state index contributed by atoms with van der Waals surface area (Å²) in [5.41, 5.74) is 0.568. The van der Waals surface area contributed by atoms with E-state index in [4.69, 9.17) is 5.26 Å². The van der Waals surface area contributed by atoms with E-state index in [1.165, 1.54) is 33.9 Å². The highest BCUT2D eigenvalue weighted by atomic mass is 32.1. The maximum Gasteiger partial charge on any atom is 0.258 e. The third kappa shape index (κ3) is 3.60. The van der Waals surface area contributed by atoms with Crippen LogP contribution in [0.3, 0.4) is 0 Å². The monoisotopic (exact) mass is 391 g/mol. The zero-order valence-electron chi connectivity index (χ0n) is 14.5. The number of fused-ring (bicyclic) bond motifs is 1. The molecule has 0 aliphatic carbocycles. The largest absolute Gasteiger partial charge is 0.269 e. The van der Waals surface area contributed by atoms with Gasteiger partial charge in [0.15, 0.2) is 4.96 Å². The minimum atomic E-state index is -0.767. The first-order chi connectivity index (χ1) is 13.0. The highest BCUT2D eigenvalue weighted by Gasteiger charge is 2.22. The molecule has 140 valence electrons. The summed E-state index contributed by atoms with van der Waals surface area (Å²) < 4.78 is 41.7. The third-order valence-corrected chi connectivity index (χ3v) is 5.36. The summed E-state index contributed by atoms with van der Waals surface area (Å²) in [4.78, 5) is 18.1. The Morgan fingerprint density at radius 2 is 2.15 bits per heavy atom. The number of alkyl halides is 2. The molecule has 0 amide bonds. The van der Waals surface area contributed by atoms with E-state index >= 15 is 0 Å². The van der Waals surface area contributed by atoms with E-state index in [1.54, 1.807) is 19.1 Å². The van der Waals surface area contributed by atoms with Gasteiger partial charge in [-0.05, 0) is 25.0 Å². The number of halogens is 3. The zero-order valence-corrected chi connectivity index (χ0v) is 15.3. The lowest BCUT2D eigenvalue weighted by Crippen LogP contribution is -2.19. The van der Waals surface area contributed by atoms with E-state index in [0.717, 1.165) is 0 Å². The third-order valence-electron chi connectivity index (χ3n) is 4.39. The molecule has 1 aromatic carbocycles. The number of thiazole rings is 1. The molecule has 8 heteroatoms. The van der Waals surface area contributed by atoms with Gasteiger partial charge in [0.1, 0.15) is 11.9 Å². The number of benzene rings is 1. The van der Waals surface area contributed by atoms with Crippen molar-refractivity contribution in [2.75, 3.05) is 13.3 Å². The smallest absolute Gasteiger partial charge is 0.258 e. The number of hydrogen-bond acceptors (Lipinski definition) is 4. The minimum Gasteiger partial charge on any atom is -0.269 e. The molecule has 0 bridgehead atoms. The van der Waals surface area contributed by atoms with Crippen LogP contribution < -0.4 is 5.56 Å². The molecule has 0 N–H and O–H groups in total. The van der Waals surface area contributed by atoms with Crippen LogP contribution in [0.4, 0.5) is 13.2 Å². The van der Waals surface area contributed by atoms with Crippen LogP contribution in [0, 0.1) is 24.1 Å². The number of aromatic nitrogens is 2. The molecule has 0 fully saturated rings. The standard InChI is InChI=1S/C19H16F3N3OS/c1-11-18(13(9-21)5-6-20)25-16(26)8-15(24-19(25)27-11)7-12-3-2-4-14(10-23)17(12)22/h2-4,8,13H,5-7,9H2,1H3. The summed E-state index contributed by atoms with van der Waals surface area (Å²) in [5, 5.41) is 8.93. The Morgan fingerprint density at radius 1 is 1.37 bits per heavy atom. The average molecular weight is 391 g/mol. The fraction of sp³-hybridized carbons (Fsp3) is 0.316. The van der Waals surface area contributed by atoms with Gasteiger partial charge < -0.3 is 0 Å². The van der Waals surface area contributed by atoms with Crippen molar-refractivity contribution in [1.29, 1.82) is 5.26 Å². The van der Waals surface area contributed by atoms with Crippen LogP contribution in [-0.4, -0.2) is 22.7 Å². The van der Waals surface area contributed by atoms with Gasteiger partial charge in [0, 0.05) is 29.0 Å². The normalized spacial score (nSPS) is 12.3. The Morgan fingerprint density at radius 3 is 2.81 bits per heavy atom. The van der Waals surface area contributed by atoms with Crippen molar-refractivity contribution in [2.45, 2.75) is 25.7 Å². The first kappa shape index (κ1) is 19.1. The van der Waals surface area contributed by atoms with E-state index in [1.807, 2.05) is 0 Å². The fourth-order valence-electron chi connectivity index (χ4n) is 3.12. The molecule has 0 aliphatic rings. The van der Waals surface area contributed by atoms with Crippen LogP contribution in [-0.2, 0) is 6.42 Å². The number of nitrogens with zero attached hydrogens (tertiary/aromatic N) is 3. The van der Waals surface area contributed by atoms with Crippen molar-refractivity contribution >= 4 is 16.3 Å². The van der Waals surface area contributed by atoms with E-state index < -0.39 is 30.6 Å². The average Bonchev–Trinajstić information content (AvgIpc) is 2.97. The molecule has 0 radical (unpaired) electrons. The molecule has 2 heterocycles. The number of rotatable bonds is 6. The van der Waals surface area contributed by atoms with Crippen molar-refractivity contribution in [2.24, 2.45) is 0 Å². The van der Waals surface area contributed by atoms with Crippen LogP contribution in [0.15, 0.2) is 29.1 Å². The van der Waals surface area contributed by atoms with Gasteiger partial charge in [-0.2, -0.15) is 5.26 Å². The SMILES string of the molecule is Cc1sc2nc(Cc3cccc(C#N)c3F)cc(=O)n2c1C(CF)CCF. The van der Waals surface area contributed by atoms with Crippen LogP contribution >= 0.6 is 11.3 Å². The van der Waals surface area contributed by atoms with Gasteiger partial charge >= 0.3 is 0 Å². The first-order valence-electron chi connectivity index (χ1n) is 8.31. The van der Waals surface area contributed by atoms with Crippen LogP contribution in [0.2, 0.25) is 0 Å². The van der Waals surface area contributed by atoms with Gasteiger partial charge in [-0.15, -0.1) is 11.3 Å². The summed E-state index contributed by atoms with van der Waals surface area (Å²) in [6.45, 7) is 0.293. The van der Waals surface area contributed by atoms with Gasteiger partial charge in [-0.3, -0.25) is 18.0 Å². The van der Waals surface area contributed by atoms with Gasteiger partial charge in [0.25, 0.3) is 5.56 Å². The van der Waals surface area contributed by atoms with Crippen molar-refractivity contribution in [3.63, 3.8) is 0 Å². The Bertz CT molecular complexity index is 1080. The molecule has 2 aromatic heterocycles. The van der Waals surface area contributed by atoms with Crippen molar-refractivity contribution in [3.8, 4) is 6.07 Å². The summed E-state index contributed by atoms with van der Waals surface area (Å²) in [5.74, 6) is -1.34. The van der Waals surface area contributed by atoms with Gasteiger partial charge in [0.05, 0.1) is 24.6 Å². The lowest BCUT2D eigenvalue weighted by Gasteiger charge is -2.12. The quantitative estimate of drug-likeness (QED) is 0.636. The predicted octanol–water partition coefficient (Wildman–Crippen LogP) is 4.08. The molecule has 0 saturated heterocycles. The molecular weight excluding hydrogens is 375 g/mol. The van der Waals surface area contributed by atoms with E-state index in [9.17, 15) is 18.0 Å². The Hall–Kier alpha value is -2.66. The number of hydrogen-bond donors (Lipinski definition) is 0. The van der Waals surface area contributed by atoms with E-state index in [-0.39, 0.29) is 24.0 Å². The summed E-state index contributed by atoms with van der Waals surface area (Å²) in [6.07, 6.45) is 0.0416. The molecule has 0 saturated carbocycles.